The third kappa shape index (κ3) is 2.99. The van der Waals surface area contributed by atoms with Crippen molar-refractivity contribution in [3.8, 4) is 0 Å². The van der Waals surface area contributed by atoms with E-state index in [-0.39, 0.29) is 5.56 Å². The minimum Gasteiger partial charge on any atom is -0.477 e. The van der Waals surface area contributed by atoms with E-state index in [9.17, 15) is 4.79 Å². The third-order valence-electron chi connectivity index (χ3n) is 3.22. The molecule has 2 heterocycles. The van der Waals surface area contributed by atoms with E-state index >= 15 is 0 Å². The lowest BCUT2D eigenvalue weighted by atomic mass is 10.0. The zero-order valence-electron chi connectivity index (χ0n) is 11.0. The summed E-state index contributed by atoms with van der Waals surface area (Å²) in [6, 6.07) is 0. The Labute approximate surface area is 111 Å². The molecule has 0 aromatic carbocycles. The number of nitrogens with zero attached hydrogens (tertiary/aromatic N) is 2. The van der Waals surface area contributed by atoms with Gasteiger partial charge in [-0.3, -0.25) is 0 Å². The molecule has 0 saturated carbocycles. The molecule has 2 rings (SSSR count). The summed E-state index contributed by atoms with van der Waals surface area (Å²) in [5.74, 6) is -0.235. The van der Waals surface area contributed by atoms with Gasteiger partial charge in [0.25, 0.3) is 0 Å². The number of aromatic carboxylic acids is 1. The van der Waals surface area contributed by atoms with Crippen LogP contribution in [0.15, 0.2) is 6.20 Å². The normalized spacial score (nSPS) is 22.4. The highest BCUT2D eigenvalue weighted by Crippen LogP contribution is 2.23. The van der Waals surface area contributed by atoms with E-state index in [1.54, 1.807) is 14.0 Å². The summed E-state index contributed by atoms with van der Waals surface area (Å²) < 4.78 is 10.8. The lowest BCUT2D eigenvalue weighted by molar-refractivity contribution is -0.00628. The highest BCUT2D eigenvalue weighted by molar-refractivity contribution is 5.92. The van der Waals surface area contributed by atoms with Crippen molar-refractivity contribution in [3.05, 3.63) is 17.6 Å². The minimum absolute atomic E-state index is 0.0516. The zero-order chi connectivity index (χ0) is 13.9. The molecule has 1 fully saturated rings. The van der Waals surface area contributed by atoms with Crippen LogP contribution in [-0.2, 0) is 9.47 Å². The lowest BCUT2D eigenvalue weighted by Gasteiger charge is -2.26. The molecule has 7 nitrogen and oxygen atoms in total. The first-order valence-electron chi connectivity index (χ1n) is 6.00. The van der Waals surface area contributed by atoms with E-state index in [2.05, 4.69) is 15.3 Å². The van der Waals surface area contributed by atoms with Gasteiger partial charge < -0.3 is 19.9 Å². The summed E-state index contributed by atoms with van der Waals surface area (Å²) in [5, 5.41) is 12.1. The second-order valence-corrected chi connectivity index (χ2v) is 4.53. The number of carboxylic acid groups (broad SMARTS) is 1. The number of aryl methyl sites for hydroxylation is 1. The van der Waals surface area contributed by atoms with Crippen molar-refractivity contribution < 1.29 is 19.4 Å². The number of carbonyl (C=O) groups is 1. The third-order valence-corrected chi connectivity index (χ3v) is 3.22. The molecule has 1 aliphatic rings. The number of anilines is 1. The second-order valence-electron chi connectivity index (χ2n) is 4.53. The first-order valence-corrected chi connectivity index (χ1v) is 6.00. The summed E-state index contributed by atoms with van der Waals surface area (Å²) in [7, 11) is 1.62. The summed E-state index contributed by atoms with van der Waals surface area (Å²) >= 11 is 0. The Morgan fingerprint density at radius 3 is 3.05 bits per heavy atom. The molecule has 0 bridgehead atoms. The van der Waals surface area contributed by atoms with Crippen molar-refractivity contribution in [2.75, 3.05) is 32.2 Å². The van der Waals surface area contributed by atoms with Crippen molar-refractivity contribution in [2.24, 2.45) is 0 Å². The largest absolute Gasteiger partial charge is 0.477 e. The lowest BCUT2D eigenvalue weighted by Crippen LogP contribution is -2.40. The average molecular weight is 267 g/mol. The molecule has 0 aliphatic carbocycles. The fourth-order valence-electron chi connectivity index (χ4n) is 1.97. The number of methoxy groups -OCH3 is 1. The quantitative estimate of drug-likeness (QED) is 0.811. The smallest absolute Gasteiger partial charge is 0.341 e. The van der Waals surface area contributed by atoms with Crippen molar-refractivity contribution in [1.82, 2.24) is 9.97 Å². The molecule has 2 N–H and O–H groups in total. The van der Waals surface area contributed by atoms with E-state index in [0.717, 1.165) is 6.42 Å². The van der Waals surface area contributed by atoms with Crippen molar-refractivity contribution >= 4 is 11.8 Å². The van der Waals surface area contributed by atoms with E-state index in [1.165, 1.54) is 6.20 Å². The topological polar surface area (TPSA) is 93.6 Å². The van der Waals surface area contributed by atoms with Crippen molar-refractivity contribution in [1.29, 1.82) is 0 Å². The van der Waals surface area contributed by atoms with E-state index < -0.39 is 11.6 Å². The van der Waals surface area contributed by atoms with Gasteiger partial charge in [0.15, 0.2) is 0 Å². The van der Waals surface area contributed by atoms with Gasteiger partial charge in [-0.1, -0.05) is 0 Å². The standard InChI is InChI=1S/C12H17N3O4/c1-8-13-5-9(11(16)17)10(15-8)14-6-12(18-2)3-4-19-7-12/h5H,3-4,6-7H2,1-2H3,(H,16,17)(H,13,14,15). The van der Waals surface area contributed by atoms with Gasteiger partial charge in [-0.05, 0) is 6.92 Å². The molecule has 1 atom stereocenters. The molecular weight excluding hydrogens is 250 g/mol. The van der Waals surface area contributed by atoms with E-state index in [1.807, 2.05) is 0 Å². The molecule has 104 valence electrons. The molecule has 7 heteroatoms. The Morgan fingerprint density at radius 1 is 1.68 bits per heavy atom. The second kappa shape index (κ2) is 5.50. The van der Waals surface area contributed by atoms with Gasteiger partial charge in [-0.2, -0.15) is 0 Å². The Morgan fingerprint density at radius 2 is 2.47 bits per heavy atom. The predicted octanol–water partition coefficient (Wildman–Crippen LogP) is 0.701. The molecule has 1 aromatic heterocycles. The van der Waals surface area contributed by atoms with Crippen LogP contribution in [0.5, 0.6) is 0 Å². The highest BCUT2D eigenvalue weighted by Gasteiger charge is 2.35. The van der Waals surface area contributed by atoms with Crippen molar-refractivity contribution in [2.45, 2.75) is 18.9 Å². The van der Waals surface area contributed by atoms with Crippen LogP contribution in [0.1, 0.15) is 22.6 Å². The van der Waals surface area contributed by atoms with Crippen LogP contribution in [0.3, 0.4) is 0 Å². The maximum atomic E-state index is 11.1. The highest BCUT2D eigenvalue weighted by atomic mass is 16.5. The monoisotopic (exact) mass is 267 g/mol. The Kier molecular flexibility index (Phi) is 3.96. The van der Waals surface area contributed by atoms with Gasteiger partial charge in [0, 0.05) is 32.9 Å². The average Bonchev–Trinajstić information content (AvgIpc) is 2.85. The summed E-state index contributed by atoms with van der Waals surface area (Å²) in [5.41, 5.74) is -0.370. The maximum absolute atomic E-state index is 11.1. The molecule has 1 aliphatic heterocycles. The molecule has 19 heavy (non-hydrogen) atoms. The number of carboxylic acids is 1. The SMILES string of the molecule is COC1(CNc2nc(C)ncc2C(=O)O)CCOC1. The van der Waals surface area contributed by atoms with Gasteiger partial charge in [0.1, 0.15) is 22.8 Å². The summed E-state index contributed by atoms with van der Waals surface area (Å²) in [6.45, 7) is 3.29. The number of aromatic nitrogens is 2. The molecule has 0 amide bonds. The minimum atomic E-state index is -1.06. The Hall–Kier alpha value is -1.73. The van der Waals surface area contributed by atoms with Gasteiger partial charge >= 0.3 is 5.97 Å². The molecule has 1 saturated heterocycles. The maximum Gasteiger partial charge on any atom is 0.341 e. The predicted molar refractivity (Wildman–Crippen MR) is 67.4 cm³/mol. The summed E-state index contributed by atoms with van der Waals surface area (Å²) in [6.07, 6.45) is 2.07. The van der Waals surface area contributed by atoms with Crippen LogP contribution in [0.25, 0.3) is 0 Å². The molecule has 0 radical (unpaired) electrons. The van der Waals surface area contributed by atoms with Gasteiger partial charge in [-0.25, -0.2) is 14.8 Å². The van der Waals surface area contributed by atoms with E-state index in [0.29, 0.717) is 31.4 Å². The molecular formula is C12H17N3O4. The fraction of sp³-hybridized carbons (Fsp3) is 0.583. The molecule has 1 unspecified atom stereocenters. The number of ether oxygens (including phenoxy) is 2. The first-order chi connectivity index (χ1) is 9.06. The number of hydrogen-bond donors (Lipinski definition) is 2. The molecule has 1 aromatic rings. The van der Waals surface area contributed by atoms with Crippen LogP contribution < -0.4 is 5.32 Å². The van der Waals surface area contributed by atoms with Gasteiger partial charge in [0.2, 0.25) is 0 Å². The fourth-order valence-corrected chi connectivity index (χ4v) is 1.97. The number of hydrogen-bond acceptors (Lipinski definition) is 6. The first kappa shape index (κ1) is 13.7. The summed E-state index contributed by atoms with van der Waals surface area (Å²) in [4.78, 5) is 19.1. The van der Waals surface area contributed by atoms with Crippen LogP contribution in [0.2, 0.25) is 0 Å². The number of rotatable bonds is 5. The molecule has 0 spiro atoms. The van der Waals surface area contributed by atoms with Crippen LogP contribution in [0, 0.1) is 6.92 Å². The van der Waals surface area contributed by atoms with Gasteiger partial charge in [0.05, 0.1) is 6.61 Å². The van der Waals surface area contributed by atoms with Crippen LogP contribution in [-0.4, -0.2) is 53.5 Å². The zero-order valence-corrected chi connectivity index (χ0v) is 11.0. The number of nitrogens with one attached hydrogen (secondary N) is 1. The van der Waals surface area contributed by atoms with E-state index in [4.69, 9.17) is 14.6 Å². The van der Waals surface area contributed by atoms with Gasteiger partial charge in [-0.15, -0.1) is 0 Å². The van der Waals surface area contributed by atoms with Crippen molar-refractivity contribution in [3.63, 3.8) is 0 Å². The van der Waals surface area contributed by atoms with Crippen LogP contribution in [0.4, 0.5) is 5.82 Å². The Balaban J connectivity index is 2.14. The Bertz CT molecular complexity index is 472. The van der Waals surface area contributed by atoms with Crippen LogP contribution >= 0.6 is 0 Å².